The third-order valence-corrected chi connectivity index (χ3v) is 6.01. The maximum Gasteiger partial charge on any atom is 0.338 e. The second-order valence-corrected chi connectivity index (χ2v) is 8.43. The van der Waals surface area contributed by atoms with Gasteiger partial charge in [0.1, 0.15) is 11.6 Å². The van der Waals surface area contributed by atoms with Crippen molar-refractivity contribution in [2.75, 3.05) is 25.6 Å². The normalized spacial score (nSPS) is 16.0. The number of ether oxygens (including phenoxy) is 1. The van der Waals surface area contributed by atoms with E-state index < -0.39 is 17.8 Å². The maximum atomic E-state index is 13.6. The molecule has 3 aromatic rings. The van der Waals surface area contributed by atoms with E-state index in [-0.39, 0.29) is 17.7 Å². The Labute approximate surface area is 187 Å². The van der Waals surface area contributed by atoms with Crippen LogP contribution in [-0.2, 0) is 9.53 Å². The van der Waals surface area contributed by atoms with Crippen molar-refractivity contribution < 1.29 is 18.3 Å². The van der Waals surface area contributed by atoms with Gasteiger partial charge in [0, 0.05) is 26.2 Å². The molecule has 32 heavy (non-hydrogen) atoms. The average molecular weight is 456 g/mol. The maximum absolute atomic E-state index is 13.6. The predicted octanol–water partition coefficient (Wildman–Crippen LogP) is 2.60. The molecule has 9 heteroatoms. The van der Waals surface area contributed by atoms with Gasteiger partial charge in [0.05, 0.1) is 28.5 Å². The standard InChI is InChI=1S/C23H22FN3O4S/c1-5-30-22(29)19-13(2)25-23-27(20(19)14-6-8-15(24)9-7-14)21(28)17(32-23)12-16-10-11-18(31-16)26(3)4/h6-12,20H,5H2,1-4H3. The molecule has 0 spiro atoms. The van der Waals surface area contributed by atoms with E-state index in [4.69, 9.17) is 9.15 Å². The Morgan fingerprint density at radius 2 is 2.00 bits per heavy atom. The van der Waals surface area contributed by atoms with E-state index in [1.165, 1.54) is 28.0 Å². The number of furan rings is 1. The number of allylic oxidation sites excluding steroid dienone is 1. The fraction of sp³-hybridized carbons (Fsp3) is 0.261. The van der Waals surface area contributed by atoms with Crippen molar-refractivity contribution in [1.82, 2.24) is 4.57 Å². The molecule has 7 nitrogen and oxygen atoms in total. The average Bonchev–Trinajstić information content (AvgIpc) is 3.33. The summed E-state index contributed by atoms with van der Waals surface area (Å²) in [4.78, 5) is 33.0. The van der Waals surface area contributed by atoms with Crippen LogP contribution >= 0.6 is 11.3 Å². The molecule has 0 N–H and O–H groups in total. The molecule has 1 atom stereocenters. The van der Waals surface area contributed by atoms with Crippen molar-refractivity contribution in [3.05, 3.63) is 84.5 Å². The summed E-state index contributed by atoms with van der Waals surface area (Å²) in [5.74, 6) is 0.223. The van der Waals surface area contributed by atoms with Crippen LogP contribution in [0.2, 0.25) is 0 Å². The number of rotatable bonds is 5. The summed E-state index contributed by atoms with van der Waals surface area (Å²) in [5, 5.41) is 0. The van der Waals surface area contributed by atoms with Gasteiger partial charge in [-0.15, -0.1) is 0 Å². The molecule has 166 valence electrons. The first-order valence-corrected chi connectivity index (χ1v) is 10.8. The molecule has 3 heterocycles. The van der Waals surface area contributed by atoms with Gasteiger partial charge in [0.25, 0.3) is 5.56 Å². The predicted molar refractivity (Wildman–Crippen MR) is 120 cm³/mol. The molecule has 0 amide bonds. The van der Waals surface area contributed by atoms with Crippen LogP contribution in [0.15, 0.2) is 61.9 Å². The number of aromatic nitrogens is 1. The summed E-state index contributed by atoms with van der Waals surface area (Å²) < 4.78 is 26.4. The van der Waals surface area contributed by atoms with E-state index in [9.17, 15) is 14.0 Å². The Hall–Kier alpha value is -3.46. The molecule has 0 aliphatic carbocycles. The van der Waals surface area contributed by atoms with Gasteiger partial charge in [-0.2, -0.15) is 0 Å². The van der Waals surface area contributed by atoms with E-state index in [1.807, 2.05) is 25.1 Å². The number of carbonyl (C=O) groups excluding carboxylic acids is 1. The lowest BCUT2D eigenvalue weighted by atomic mass is 9.96. The zero-order valence-electron chi connectivity index (χ0n) is 18.1. The third-order valence-electron chi connectivity index (χ3n) is 5.03. The van der Waals surface area contributed by atoms with Gasteiger partial charge in [-0.05, 0) is 37.6 Å². The van der Waals surface area contributed by atoms with Crippen molar-refractivity contribution in [1.29, 1.82) is 0 Å². The summed E-state index contributed by atoms with van der Waals surface area (Å²) >= 11 is 1.20. The van der Waals surface area contributed by atoms with Gasteiger partial charge >= 0.3 is 5.97 Å². The van der Waals surface area contributed by atoms with Crippen molar-refractivity contribution in [3.63, 3.8) is 0 Å². The Bertz CT molecular complexity index is 1380. The van der Waals surface area contributed by atoms with E-state index >= 15 is 0 Å². The number of benzene rings is 1. The largest absolute Gasteiger partial charge is 0.463 e. The molecule has 1 aliphatic rings. The molecule has 4 rings (SSSR count). The smallest absolute Gasteiger partial charge is 0.338 e. The van der Waals surface area contributed by atoms with Crippen LogP contribution in [0.4, 0.5) is 10.3 Å². The lowest BCUT2D eigenvalue weighted by Crippen LogP contribution is -2.39. The minimum Gasteiger partial charge on any atom is -0.463 e. The number of halogens is 1. The summed E-state index contributed by atoms with van der Waals surface area (Å²) in [5.41, 5.74) is 0.980. The number of hydrogen-bond acceptors (Lipinski definition) is 7. The monoisotopic (exact) mass is 455 g/mol. The lowest BCUT2D eigenvalue weighted by molar-refractivity contribution is -0.139. The Kier molecular flexibility index (Phi) is 5.84. The van der Waals surface area contributed by atoms with Crippen molar-refractivity contribution >= 4 is 29.3 Å². The summed E-state index contributed by atoms with van der Waals surface area (Å²) in [7, 11) is 3.72. The fourth-order valence-electron chi connectivity index (χ4n) is 3.54. The molecule has 0 fully saturated rings. The van der Waals surface area contributed by atoms with Crippen LogP contribution in [0.1, 0.15) is 31.2 Å². The van der Waals surface area contributed by atoms with Crippen LogP contribution in [-0.4, -0.2) is 31.2 Å². The first-order valence-electron chi connectivity index (χ1n) is 10.0. The molecule has 1 aliphatic heterocycles. The van der Waals surface area contributed by atoms with E-state index in [0.717, 1.165) is 0 Å². The zero-order chi connectivity index (χ0) is 23.0. The number of esters is 1. The quantitative estimate of drug-likeness (QED) is 0.553. The summed E-state index contributed by atoms with van der Waals surface area (Å²) in [6, 6.07) is 8.54. The van der Waals surface area contributed by atoms with Gasteiger partial charge < -0.3 is 14.1 Å². The van der Waals surface area contributed by atoms with E-state index in [1.54, 1.807) is 38.1 Å². The molecular weight excluding hydrogens is 433 g/mol. The first kappa shape index (κ1) is 21.8. The van der Waals surface area contributed by atoms with Gasteiger partial charge in [0.15, 0.2) is 10.7 Å². The molecule has 2 aromatic heterocycles. The van der Waals surface area contributed by atoms with Crippen molar-refractivity contribution in [3.8, 4) is 0 Å². The lowest BCUT2D eigenvalue weighted by Gasteiger charge is -2.24. The molecule has 0 saturated heterocycles. The number of anilines is 1. The zero-order valence-corrected chi connectivity index (χ0v) is 18.9. The molecule has 1 aromatic carbocycles. The Balaban J connectivity index is 1.92. The topological polar surface area (TPSA) is 77.0 Å². The number of hydrogen-bond donors (Lipinski definition) is 0. The Morgan fingerprint density at radius 3 is 2.62 bits per heavy atom. The van der Waals surface area contributed by atoms with Crippen LogP contribution in [0.3, 0.4) is 0 Å². The van der Waals surface area contributed by atoms with Crippen LogP contribution in [0, 0.1) is 5.82 Å². The highest BCUT2D eigenvalue weighted by Crippen LogP contribution is 2.30. The van der Waals surface area contributed by atoms with Crippen molar-refractivity contribution in [2.24, 2.45) is 4.99 Å². The number of fused-ring (bicyclic) bond motifs is 1. The fourth-order valence-corrected chi connectivity index (χ4v) is 4.57. The molecule has 0 bridgehead atoms. The van der Waals surface area contributed by atoms with Crippen LogP contribution in [0.25, 0.3) is 6.08 Å². The highest BCUT2D eigenvalue weighted by molar-refractivity contribution is 7.07. The molecular formula is C23H22FN3O4S. The van der Waals surface area contributed by atoms with Gasteiger partial charge in [-0.1, -0.05) is 23.5 Å². The Morgan fingerprint density at radius 1 is 1.28 bits per heavy atom. The number of nitrogens with zero attached hydrogens (tertiary/aromatic N) is 3. The van der Waals surface area contributed by atoms with Gasteiger partial charge in [-0.3, -0.25) is 9.36 Å². The molecule has 1 unspecified atom stereocenters. The van der Waals surface area contributed by atoms with Crippen LogP contribution in [0.5, 0.6) is 0 Å². The van der Waals surface area contributed by atoms with E-state index in [2.05, 4.69) is 4.99 Å². The van der Waals surface area contributed by atoms with Crippen molar-refractivity contribution in [2.45, 2.75) is 19.9 Å². The molecule has 0 radical (unpaired) electrons. The second-order valence-electron chi connectivity index (χ2n) is 7.42. The van der Waals surface area contributed by atoms with Gasteiger partial charge in [0.2, 0.25) is 0 Å². The summed E-state index contributed by atoms with van der Waals surface area (Å²) in [6.07, 6.45) is 1.65. The molecule has 0 saturated carbocycles. The minimum absolute atomic E-state index is 0.183. The second kappa shape index (κ2) is 8.58. The number of carbonyl (C=O) groups is 1. The highest BCUT2D eigenvalue weighted by Gasteiger charge is 2.33. The summed E-state index contributed by atoms with van der Waals surface area (Å²) in [6.45, 7) is 3.60. The first-order chi connectivity index (χ1) is 15.3. The van der Waals surface area contributed by atoms with Gasteiger partial charge in [-0.25, -0.2) is 14.2 Å². The minimum atomic E-state index is -0.776. The van der Waals surface area contributed by atoms with Crippen LogP contribution < -0.4 is 19.8 Å². The SMILES string of the molecule is CCOC(=O)C1=C(C)N=c2sc(=Cc3ccc(N(C)C)o3)c(=O)n2C1c1ccc(F)cc1. The highest BCUT2D eigenvalue weighted by atomic mass is 32.1. The van der Waals surface area contributed by atoms with E-state index in [0.29, 0.717) is 32.2 Å². The third kappa shape index (κ3) is 3.91. The number of thiazole rings is 1.